The lowest BCUT2D eigenvalue weighted by atomic mass is 10.1. The molecule has 0 unspecified atom stereocenters. The van der Waals surface area contributed by atoms with Crippen LogP contribution in [0.15, 0.2) is 158 Å². The number of benzene rings is 6. The molecule has 0 aliphatic rings. The Labute approximate surface area is 333 Å². The van der Waals surface area contributed by atoms with E-state index in [9.17, 15) is 0 Å². The fraction of sp³-hybridized carbons (Fsp3) is 0.265. The van der Waals surface area contributed by atoms with Crippen molar-refractivity contribution in [3.05, 3.63) is 191 Å². The molecule has 0 radical (unpaired) electrons. The lowest BCUT2D eigenvalue weighted by Crippen LogP contribution is -2.28. The molecule has 0 aliphatic heterocycles. The minimum atomic E-state index is 0.458. The van der Waals surface area contributed by atoms with Gasteiger partial charge in [0.1, 0.15) is 26.4 Å². The Morgan fingerprint density at radius 3 is 1.16 bits per heavy atom. The maximum Gasteiger partial charge on any atom is 0.162 e. The molecule has 0 saturated heterocycles. The van der Waals surface area contributed by atoms with E-state index in [4.69, 9.17) is 18.9 Å². The third kappa shape index (κ3) is 13.6. The molecule has 0 aliphatic carbocycles. The average molecular weight is 750 g/mol. The molecular formula is C49H55N3O4. The second-order valence-corrected chi connectivity index (χ2v) is 13.9. The summed E-state index contributed by atoms with van der Waals surface area (Å²) in [5.74, 6) is 2.95. The van der Waals surface area contributed by atoms with Crippen LogP contribution < -0.4 is 29.6 Å². The molecule has 6 aromatic rings. The minimum absolute atomic E-state index is 0.458. The Kier molecular flexibility index (Phi) is 16.2. The number of hydrogen-bond donors (Lipinski definition) is 2. The highest BCUT2D eigenvalue weighted by molar-refractivity contribution is 5.45. The van der Waals surface area contributed by atoms with E-state index in [1.807, 2.05) is 79.8 Å². The second kappa shape index (κ2) is 22.7. The predicted octanol–water partition coefficient (Wildman–Crippen LogP) is 9.59. The van der Waals surface area contributed by atoms with Crippen LogP contribution in [-0.2, 0) is 39.5 Å². The summed E-state index contributed by atoms with van der Waals surface area (Å²) < 4.78 is 25.6. The van der Waals surface area contributed by atoms with Crippen molar-refractivity contribution in [1.29, 1.82) is 0 Å². The lowest BCUT2D eigenvalue weighted by Gasteiger charge is -2.24. The van der Waals surface area contributed by atoms with Crippen molar-refractivity contribution in [3.8, 4) is 23.0 Å². The molecule has 6 aromatic carbocycles. The Bertz CT molecular complexity index is 1840. The van der Waals surface area contributed by atoms with Gasteiger partial charge in [0.15, 0.2) is 23.0 Å². The first-order valence-corrected chi connectivity index (χ1v) is 19.7. The maximum absolute atomic E-state index is 6.46. The average Bonchev–Trinajstić information content (AvgIpc) is 3.25. The van der Waals surface area contributed by atoms with Gasteiger partial charge in [0, 0.05) is 19.6 Å². The van der Waals surface area contributed by atoms with Gasteiger partial charge in [-0.3, -0.25) is 4.90 Å². The minimum Gasteiger partial charge on any atom is -0.485 e. The number of hydrogen-bond acceptors (Lipinski definition) is 7. The van der Waals surface area contributed by atoms with Crippen molar-refractivity contribution >= 4 is 0 Å². The molecule has 0 fully saturated rings. The Morgan fingerprint density at radius 1 is 0.393 bits per heavy atom. The van der Waals surface area contributed by atoms with E-state index in [0.717, 1.165) is 108 Å². The third-order valence-electron chi connectivity index (χ3n) is 9.39. The van der Waals surface area contributed by atoms with Crippen molar-refractivity contribution in [3.63, 3.8) is 0 Å². The van der Waals surface area contributed by atoms with Crippen LogP contribution in [0.5, 0.6) is 23.0 Å². The molecular weight excluding hydrogens is 695 g/mol. The summed E-state index contributed by atoms with van der Waals surface area (Å²) in [7, 11) is 2.00. The Hall–Kier alpha value is -5.60. The molecule has 0 atom stereocenters. The Balaban J connectivity index is 1.21. The molecule has 0 bridgehead atoms. The SMILES string of the molecule is CNCCCNCCCN(Cc1ccc(OCc2ccccc2)c(OCc2ccccc2)c1)Cc1ccc(OCc2ccccc2)c(OCc2ccccc2)c1. The normalized spacial score (nSPS) is 11.0. The van der Waals surface area contributed by atoms with Gasteiger partial charge in [0.05, 0.1) is 0 Å². The highest BCUT2D eigenvalue weighted by Crippen LogP contribution is 2.33. The number of ether oxygens (including phenoxy) is 4. The van der Waals surface area contributed by atoms with Gasteiger partial charge in [-0.15, -0.1) is 0 Å². The quantitative estimate of drug-likeness (QED) is 0.0598. The molecule has 290 valence electrons. The van der Waals surface area contributed by atoms with E-state index >= 15 is 0 Å². The predicted molar refractivity (Wildman–Crippen MR) is 226 cm³/mol. The number of nitrogens with one attached hydrogen (secondary N) is 2. The zero-order chi connectivity index (χ0) is 38.5. The molecule has 2 N–H and O–H groups in total. The van der Waals surface area contributed by atoms with Crippen LogP contribution in [-0.4, -0.2) is 38.1 Å². The highest BCUT2D eigenvalue weighted by Gasteiger charge is 2.15. The van der Waals surface area contributed by atoms with Crippen molar-refractivity contribution in [1.82, 2.24) is 15.5 Å². The number of nitrogens with zero attached hydrogens (tertiary/aromatic N) is 1. The topological polar surface area (TPSA) is 64.2 Å². The zero-order valence-electron chi connectivity index (χ0n) is 32.6. The van der Waals surface area contributed by atoms with Crippen molar-refractivity contribution in [2.75, 3.05) is 33.2 Å². The molecule has 7 nitrogen and oxygen atoms in total. The smallest absolute Gasteiger partial charge is 0.162 e. The first-order valence-electron chi connectivity index (χ1n) is 19.7. The van der Waals surface area contributed by atoms with Crippen molar-refractivity contribution in [2.24, 2.45) is 0 Å². The van der Waals surface area contributed by atoms with E-state index in [2.05, 4.69) is 100 Å². The fourth-order valence-corrected chi connectivity index (χ4v) is 6.38. The van der Waals surface area contributed by atoms with E-state index in [0.29, 0.717) is 26.4 Å². The van der Waals surface area contributed by atoms with Crippen molar-refractivity contribution < 1.29 is 18.9 Å². The highest BCUT2D eigenvalue weighted by atomic mass is 16.5. The van der Waals surface area contributed by atoms with Crippen LogP contribution in [0.4, 0.5) is 0 Å². The molecule has 0 spiro atoms. The molecule has 0 amide bonds. The van der Waals surface area contributed by atoms with Gasteiger partial charge in [-0.1, -0.05) is 133 Å². The molecule has 0 heterocycles. The Morgan fingerprint density at radius 2 is 0.768 bits per heavy atom. The first-order chi connectivity index (χ1) is 27.7. The molecule has 6 rings (SSSR count). The van der Waals surface area contributed by atoms with E-state index in [1.54, 1.807) is 0 Å². The van der Waals surface area contributed by atoms with Gasteiger partial charge in [-0.2, -0.15) is 0 Å². The lowest BCUT2D eigenvalue weighted by molar-refractivity contribution is 0.242. The fourth-order valence-electron chi connectivity index (χ4n) is 6.38. The molecule has 0 aromatic heterocycles. The van der Waals surface area contributed by atoms with Gasteiger partial charge in [0.25, 0.3) is 0 Å². The summed E-state index contributed by atoms with van der Waals surface area (Å²) in [6, 6.07) is 53.7. The van der Waals surface area contributed by atoms with Crippen molar-refractivity contribution in [2.45, 2.75) is 52.4 Å². The van der Waals surface area contributed by atoms with Crippen LogP contribution >= 0.6 is 0 Å². The summed E-state index contributed by atoms with van der Waals surface area (Å²) in [6.45, 7) is 7.22. The van der Waals surface area contributed by atoms with Gasteiger partial charge in [-0.05, 0) is 97.2 Å². The monoisotopic (exact) mass is 749 g/mol. The summed E-state index contributed by atoms with van der Waals surface area (Å²) in [5.41, 5.74) is 6.75. The van der Waals surface area contributed by atoms with Crippen LogP contribution in [0, 0.1) is 0 Å². The van der Waals surface area contributed by atoms with E-state index in [1.165, 1.54) is 0 Å². The van der Waals surface area contributed by atoms with Gasteiger partial charge < -0.3 is 29.6 Å². The summed E-state index contributed by atoms with van der Waals surface area (Å²) in [5, 5.41) is 6.85. The largest absolute Gasteiger partial charge is 0.485 e. The number of rotatable bonds is 24. The zero-order valence-corrected chi connectivity index (χ0v) is 32.6. The van der Waals surface area contributed by atoms with E-state index < -0.39 is 0 Å². The summed E-state index contributed by atoms with van der Waals surface area (Å²) in [6.07, 6.45) is 2.12. The van der Waals surface area contributed by atoms with Crippen LogP contribution in [0.1, 0.15) is 46.2 Å². The second-order valence-electron chi connectivity index (χ2n) is 13.9. The third-order valence-corrected chi connectivity index (χ3v) is 9.39. The molecule has 0 saturated carbocycles. The van der Waals surface area contributed by atoms with Crippen LogP contribution in [0.2, 0.25) is 0 Å². The van der Waals surface area contributed by atoms with Gasteiger partial charge in [-0.25, -0.2) is 0 Å². The van der Waals surface area contributed by atoms with E-state index in [-0.39, 0.29) is 0 Å². The van der Waals surface area contributed by atoms with Crippen LogP contribution in [0.3, 0.4) is 0 Å². The van der Waals surface area contributed by atoms with Gasteiger partial charge >= 0.3 is 0 Å². The summed E-state index contributed by atoms with van der Waals surface area (Å²) >= 11 is 0. The maximum atomic E-state index is 6.46. The van der Waals surface area contributed by atoms with Gasteiger partial charge in [0.2, 0.25) is 0 Å². The first kappa shape index (κ1) is 40.1. The standard InChI is InChI=1S/C49H55N3O4/c1-50-28-14-29-51-30-15-31-52(34-44-24-26-46(53-36-40-16-6-2-7-17-40)48(32-44)55-38-42-20-10-4-11-21-42)35-45-25-27-47(54-37-41-18-8-3-9-19-41)49(33-45)56-39-43-22-12-5-13-23-43/h2-13,16-27,32-33,50-51H,14-15,28-31,34-39H2,1H3. The molecule has 7 heteroatoms. The summed E-state index contributed by atoms with van der Waals surface area (Å²) in [4.78, 5) is 2.50. The van der Waals surface area contributed by atoms with Crippen LogP contribution in [0.25, 0.3) is 0 Å². The molecule has 56 heavy (non-hydrogen) atoms.